The van der Waals surface area contributed by atoms with Gasteiger partial charge in [-0.15, -0.1) is 11.3 Å². The minimum atomic E-state index is -0.479. The SMILES string of the molecule is CC(C)(C)C(=O)NCC(=O)N1CCSC[C@@H]1c1nccs1. The van der Waals surface area contributed by atoms with Crippen LogP contribution in [0.25, 0.3) is 0 Å². The summed E-state index contributed by atoms with van der Waals surface area (Å²) in [5.74, 6) is 1.66. The van der Waals surface area contributed by atoms with Gasteiger partial charge in [0.1, 0.15) is 5.01 Å². The molecule has 1 aliphatic heterocycles. The van der Waals surface area contributed by atoms with Crippen molar-refractivity contribution >= 4 is 34.9 Å². The molecule has 0 radical (unpaired) electrons. The summed E-state index contributed by atoms with van der Waals surface area (Å²) in [5, 5.41) is 5.63. The minimum absolute atomic E-state index is 0.0304. The van der Waals surface area contributed by atoms with E-state index in [1.807, 2.05) is 42.8 Å². The van der Waals surface area contributed by atoms with Crippen LogP contribution in [-0.4, -0.2) is 46.3 Å². The Labute approximate surface area is 133 Å². The van der Waals surface area contributed by atoms with E-state index in [0.717, 1.165) is 16.5 Å². The van der Waals surface area contributed by atoms with Gasteiger partial charge < -0.3 is 10.2 Å². The topological polar surface area (TPSA) is 62.3 Å². The molecule has 1 aromatic rings. The third kappa shape index (κ3) is 4.20. The highest BCUT2D eigenvalue weighted by atomic mass is 32.2. The number of carbonyl (C=O) groups excluding carboxylic acids is 2. The normalized spacial score (nSPS) is 19.4. The number of nitrogens with one attached hydrogen (secondary N) is 1. The highest BCUT2D eigenvalue weighted by Gasteiger charge is 2.30. The number of nitrogens with zero attached hydrogens (tertiary/aromatic N) is 2. The highest BCUT2D eigenvalue weighted by molar-refractivity contribution is 7.99. The summed E-state index contributed by atoms with van der Waals surface area (Å²) in [6.07, 6.45) is 1.77. The predicted octanol–water partition coefficient (Wildman–Crippen LogP) is 1.92. The van der Waals surface area contributed by atoms with Crippen LogP contribution in [0.5, 0.6) is 0 Å². The first-order valence-electron chi connectivity index (χ1n) is 6.94. The lowest BCUT2D eigenvalue weighted by atomic mass is 9.96. The summed E-state index contributed by atoms with van der Waals surface area (Å²) < 4.78 is 0. The number of hydrogen-bond acceptors (Lipinski definition) is 5. The van der Waals surface area contributed by atoms with E-state index in [4.69, 9.17) is 0 Å². The zero-order chi connectivity index (χ0) is 15.5. The Balaban J connectivity index is 1.98. The largest absolute Gasteiger partial charge is 0.347 e. The van der Waals surface area contributed by atoms with Gasteiger partial charge >= 0.3 is 0 Å². The first-order valence-corrected chi connectivity index (χ1v) is 8.98. The summed E-state index contributed by atoms with van der Waals surface area (Å²) >= 11 is 3.41. The molecule has 2 rings (SSSR count). The summed E-state index contributed by atoms with van der Waals surface area (Å²) in [6, 6.07) is 0.0304. The second-order valence-corrected chi connectivity index (χ2v) is 8.06. The molecule has 0 aromatic carbocycles. The molecule has 2 heterocycles. The number of hydrogen-bond donors (Lipinski definition) is 1. The van der Waals surface area contributed by atoms with Crippen LogP contribution in [-0.2, 0) is 9.59 Å². The molecule has 21 heavy (non-hydrogen) atoms. The second-order valence-electron chi connectivity index (χ2n) is 5.98. The lowest BCUT2D eigenvalue weighted by Crippen LogP contribution is -2.47. The Morgan fingerprint density at radius 2 is 2.24 bits per heavy atom. The quantitative estimate of drug-likeness (QED) is 0.921. The molecule has 0 bridgehead atoms. The molecule has 0 saturated carbocycles. The lowest BCUT2D eigenvalue weighted by molar-refractivity contribution is -0.136. The van der Waals surface area contributed by atoms with E-state index in [9.17, 15) is 9.59 Å². The van der Waals surface area contributed by atoms with Crippen molar-refractivity contribution in [1.29, 1.82) is 0 Å². The van der Waals surface area contributed by atoms with Gasteiger partial charge in [0, 0.05) is 35.0 Å². The van der Waals surface area contributed by atoms with Crippen molar-refractivity contribution in [3.8, 4) is 0 Å². The van der Waals surface area contributed by atoms with Crippen LogP contribution < -0.4 is 5.32 Å². The number of thiazole rings is 1. The van der Waals surface area contributed by atoms with Gasteiger partial charge in [-0.2, -0.15) is 11.8 Å². The van der Waals surface area contributed by atoms with Crippen LogP contribution in [0.4, 0.5) is 0 Å². The monoisotopic (exact) mass is 327 g/mol. The smallest absolute Gasteiger partial charge is 0.242 e. The molecule has 1 aromatic heterocycles. The molecule has 2 amide bonds. The van der Waals surface area contributed by atoms with Crippen LogP contribution >= 0.6 is 23.1 Å². The van der Waals surface area contributed by atoms with Gasteiger partial charge in [-0.1, -0.05) is 20.8 Å². The van der Waals surface area contributed by atoms with Gasteiger partial charge in [-0.05, 0) is 0 Å². The second kappa shape index (κ2) is 6.79. The van der Waals surface area contributed by atoms with Crippen molar-refractivity contribution in [2.75, 3.05) is 24.6 Å². The number of rotatable bonds is 3. The van der Waals surface area contributed by atoms with Gasteiger partial charge in [0.2, 0.25) is 11.8 Å². The van der Waals surface area contributed by atoms with E-state index < -0.39 is 5.41 Å². The third-order valence-corrected chi connectivity index (χ3v) is 5.17. The fourth-order valence-corrected chi connectivity index (χ4v) is 3.94. The first kappa shape index (κ1) is 16.3. The van der Waals surface area contributed by atoms with Gasteiger partial charge in [0.15, 0.2) is 0 Å². The fraction of sp³-hybridized carbons (Fsp3) is 0.643. The van der Waals surface area contributed by atoms with E-state index in [1.165, 1.54) is 0 Å². The highest BCUT2D eigenvalue weighted by Crippen LogP contribution is 2.30. The number of aromatic nitrogens is 1. The molecule has 1 saturated heterocycles. The Morgan fingerprint density at radius 3 is 2.86 bits per heavy atom. The molecule has 116 valence electrons. The molecular weight excluding hydrogens is 306 g/mol. The van der Waals surface area contributed by atoms with Gasteiger partial charge in [0.25, 0.3) is 0 Å². The average Bonchev–Trinajstić information content (AvgIpc) is 2.97. The van der Waals surface area contributed by atoms with E-state index in [2.05, 4.69) is 10.3 Å². The minimum Gasteiger partial charge on any atom is -0.347 e. The number of carbonyl (C=O) groups is 2. The fourth-order valence-electron chi connectivity index (χ4n) is 2.03. The van der Waals surface area contributed by atoms with E-state index in [1.54, 1.807) is 17.5 Å². The molecule has 1 N–H and O–H groups in total. The predicted molar refractivity (Wildman–Crippen MR) is 86.4 cm³/mol. The third-order valence-electron chi connectivity index (χ3n) is 3.27. The summed E-state index contributed by atoms with van der Waals surface area (Å²) in [7, 11) is 0. The standard InChI is InChI=1S/C14H21N3O2S2/c1-14(2,3)13(19)16-8-11(18)17-5-7-20-9-10(17)12-15-4-6-21-12/h4,6,10H,5,7-9H2,1-3H3,(H,16,19)/t10-/m1/s1. The summed E-state index contributed by atoms with van der Waals surface area (Å²) in [6.45, 7) is 6.27. The summed E-state index contributed by atoms with van der Waals surface area (Å²) in [4.78, 5) is 30.5. The zero-order valence-corrected chi connectivity index (χ0v) is 14.2. The van der Waals surface area contributed by atoms with Crippen LogP contribution in [0.2, 0.25) is 0 Å². The molecule has 1 aliphatic rings. The van der Waals surface area contributed by atoms with Crippen molar-refractivity contribution in [1.82, 2.24) is 15.2 Å². The lowest BCUT2D eigenvalue weighted by Gasteiger charge is -2.34. The van der Waals surface area contributed by atoms with Gasteiger partial charge in [0.05, 0.1) is 12.6 Å². The molecule has 0 unspecified atom stereocenters. The zero-order valence-electron chi connectivity index (χ0n) is 12.6. The molecule has 1 fully saturated rings. The van der Waals surface area contributed by atoms with Crippen LogP contribution in [0.1, 0.15) is 31.8 Å². The van der Waals surface area contributed by atoms with E-state index >= 15 is 0 Å². The Hall–Kier alpha value is -1.08. The molecule has 7 heteroatoms. The molecule has 0 aliphatic carbocycles. The van der Waals surface area contributed by atoms with Crippen LogP contribution in [0.15, 0.2) is 11.6 Å². The number of amides is 2. The molecule has 5 nitrogen and oxygen atoms in total. The van der Waals surface area contributed by atoms with Crippen molar-refractivity contribution in [2.24, 2.45) is 5.41 Å². The van der Waals surface area contributed by atoms with Gasteiger partial charge in [-0.25, -0.2) is 4.98 Å². The van der Waals surface area contributed by atoms with E-state index in [-0.39, 0.29) is 24.4 Å². The Bertz CT molecular complexity index is 497. The molecule has 1 atom stereocenters. The maximum Gasteiger partial charge on any atom is 0.242 e. The maximum absolute atomic E-state index is 12.4. The van der Waals surface area contributed by atoms with Gasteiger partial charge in [-0.3, -0.25) is 9.59 Å². The van der Waals surface area contributed by atoms with E-state index in [0.29, 0.717) is 6.54 Å². The average molecular weight is 327 g/mol. The van der Waals surface area contributed by atoms with Crippen LogP contribution in [0.3, 0.4) is 0 Å². The first-order chi connectivity index (χ1) is 9.89. The number of thioether (sulfide) groups is 1. The molecular formula is C14H21N3O2S2. The van der Waals surface area contributed by atoms with Crippen molar-refractivity contribution < 1.29 is 9.59 Å². The summed E-state index contributed by atoms with van der Waals surface area (Å²) in [5.41, 5.74) is -0.479. The Kier molecular flexibility index (Phi) is 5.27. The van der Waals surface area contributed by atoms with Crippen LogP contribution in [0, 0.1) is 5.41 Å². The molecule has 0 spiro atoms. The van der Waals surface area contributed by atoms with Crippen molar-refractivity contribution in [2.45, 2.75) is 26.8 Å². The van der Waals surface area contributed by atoms with Crippen molar-refractivity contribution in [3.05, 3.63) is 16.6 Å². The Morgan fingerprint density at radius 1 is 1.48 bits per heavy atom. The maximum atomic E-state index is 12.4. The van der Waals surface area contributed by atoms with Crippen molar-refractivity contribution in [3.63, 3.8) is 0 Å².